The van der Waals surface area contributed by atoms with Gasteiger partial charge in [-0.3, -0.25) is 18.6 Å². The predicted octanol–water partition coefficient (Wildman–Crippen LogP) is 3.83. The molecule has 3 rings (SSSR count). The van der Waals surface area contributed by atoms with Gasteiger partial charge in [-0.15, -0.1) is 0 Å². The topological polar surface area (TPSA) is 260 Å². The van der Waals surface area contributed by atoms with Gasteiger partial charge in [-0.25, -0.2) is 4.79 Å². The van der Waals surface area contributed by atoms with Crippen molar-refractivity contribution >= 4 is 39.7 Å². The van der Waals surface area contributed by atoms with E-state index in [-0.39, 0.29) is 37.2 Å². The van der Waals surface area contributed by atoms with Crippen LogP contribution in [-0.2, 0) is 80.9 Å². The molecule has 1 unspecified atom stereocenters. The number of hydrogen-bond acceptors (Lipinski definition) is 21. The van der Waals surface area contributed by atoms with E-state index in [9.17, 15) is 37.8 Å². The highest BCUT2D eigenvalue weighted by molar-refractivity contribution is 7.86. The highest BCUT2D eigenvalue weighted by Crippen LogP contribution is 2.43. The Morgan fingerprint density at radius 2 is 1.49 bits per heavy atom. The van der Waals surface area contributed by atoms with E-state index in [2.05, 4.69) is 11.7 Å². The third-order valence-corrected chi connectivity index (χ3v) is 14.3. The minimum absolute atomic E-state index is 0.00189. The van der Waals surface area contributed by atoms with Crippen molar-refractivity contribution in [3.8, 4) is 0 Å². The minimum atomic E-state index is -3.91. The Morgan fingerprint density at radius 3 is 2.01 bits per heavy atom. The molecule has 0 aromatic heterocycles. The first-order chi connectivity index (χ1) is 32.2. The van der Waals surface area contributed by atoms with Crippen molar-refractivity contribution in [3.63, 3.8) is 0 Å². The second kappa shape index (κ2) is 25.2. The molecule has 18 atom stereocenters. The van der Waals surface area contributed by atoms with Crippen LogP contribution in [0.4, 0.5) is 0 Å². The number of oxime groups is 1. The maximum Gasteiger partial charge on any atom is 0.331 e. The Labute approximate surface area is 414 Å². The molecule has 70 heavy (non-hydrogen) atoms. The van der Waals surface area contributed by atoms with Gasteiger partial charge >= 0.3 is 23.9 Å². The fraction of sp³-hybridized carbons (Fsp3) is 0.854. The first kappa shape index (κ1) is 61.1. The first-order valence-corrected chi connectivity index (χ1v) is 25.7. The number of esters is 3. The number of ether oxygens (including phenoxy) is 9. The van der Waals surface area contributed by atoms with Gasteiger partial charge in [0.25, 0.3) is 10.1 Å². The number of nitrogens with zero attached hydrogens (tertiary/aromatic N) is 2. The molecule has 21 nitrogen and oxygen atoms in total. The molecule has 3 aliphatic heterocycles. The maximum atomic E-state index is 14.8. The second-order valence-corrected chi connectivity index (χ2v) is 21.9. The molecular weight excluding hydrogens is 941 g/mol. The molecule has 0 spiro atoms. The molecule has 3 aliphatic rings. The smallest absolute Gasteiger partial charge is 0.331 e. The summed E-state index contributed by atoms with van der Waals surface area (Å²) in [5.41, 5.74) is -4.57. The average Bonchev–Trinajstić information content (AvgIpc) is 3.25. The van der Waals surface area contributed by atoms with Crippen LogP contribution >= 0.6 is 0 Å². The summed E-state index contributed by atoms with van der Waals surface area (Å²) in [6.45, 7) is 23.6. The molecule has 22 heteroatoms. The van der Waals surface area contributed by atoms with Gasteiger partial charge in [0.15, 0.2) is 24.8 Å². The quantitative estimate of drug-likeness (QED) is 0.0556. The summed E-state index contributed by atoms with van der Waals surface area (Å²) in [4.78, 5) is 59.3. The molecule has 0 radical (unpaired) electrons. The van der Waals surface area contributed by atoms with Crippen molar-refractivity contribution in [2.45, 2.75) is 200 Å². The number of aliphatic hydroxyl groups is 2. The third-order valence-electron chi connectivity index (χ3n) is 13.7. The fourth-order valence-electron chi connectivity index (χ4n) is 10.0. The molecule has 2 N–H and O–H groups in total. The lowest BCUT2D eigenvalue weighted by molar-refractivity contribution is -0.321. The van der Waals surface area contributed by atoms with Crippen LogP contribution in [0, 0.1) is 23.7 Å². The molecule has 0 aromatic rings. The Balaban J connectivity index is 2.48. The summed E-state index contributed by atoms with van der Waals surface area (Å²) >= 11 is 0. The average molecular weight is 1020 g/mol. The predicted molar refractivity (Wildman–Crippen MR) is 253 cm³/mol. The Bertz CT molecular complexity index is 1950. The van der Waals surface area contributed by atoms with Crippen molar-refractivity contribution in [1.29, 1.82) is 0 Å². The molecule has 0 saturated carbocycles. The second-order valence-electron chi connectivity index (χ2n) is 20.3. The van der Waals surface area contributed by atoms with Crippen LogP contribution in [0.25, 0.3) is 0 Å². The monoisotopic (exact) mass is 1020 g/mol. The zero-order chi connectivity index (χ0) is 53.4. The van der Waals surface area contributed by atoms with E-state index in [1.54, 1.807) is 55.4 Å². The molecule has 0 aliphatic carbocycles. The van der Waals surface area contributed by atoms with Crippen LogP contribution in [-0.4, -0.2) is 178 Å². The molecule has 3 saturated heterocycles. The number of likely N-dealkylation sites (N-methyl/N-ethyl adjacent to an activating group) is 1. The Hall–Kier alpha value is -3.16. The van der Waals surface area contributed by atoms with Crippen molar-refractivity contribution < 1.29 is 89.5 Å². The van der Waals surface area contributed by atoms with E-state index in [0.717, 1.165) is 13.2 Å². The fourth-order valence-corrected chi connectivity index (χ4v) is 10.4. The number of cyclic esters (lactones) is 1. The lowest BCUT2D eigenvalue weighted by Crippen LogP contribution is -2.62. The summed E-state index contributed by atoms with van der Waals surface area (Å²) in [5.74, 6) is -6.78. The van der Waals surface area contributed by atoms with Gasteiger partial charge in [-0.2, -0.15) is 8.42 Å². The van der Waals surface area contributed by atoms with E-state index in [1.807, 2.05) is 25.9 Å². The third kappa shape index (κ3) is 15.9. The van der Waals surface area contributed by atoms with Gasteiger partial charge in [-0.05, 0) is 80.5 Å². The van der Waals surface area contributed by atoms with Crippen molar-refractivity contribution in [2.75, 3.05) is 40.7 Å². The van der Waals surface area contributed by atoms with Gasteiger partial charge in [0.1, 0.15) is 17.3 Å². The maximum absolute atomic E-state index is 14.8. The zero-order valence-electron chi connectivity index (χ0n) is 44.2. The van der Waals surface area contributed by atoms with Crippen molar-refractivity contribution in [1.82, 2.24) is 4.90 Å². The molecule has 0 amide bonds. The molecule has 0 aromatic carbocycles. The van der Waals surface area contributed by atoms with Crippen molar-refractivity contribution in [2.24, 2.45) is 28.8 Å². The van der Waals surface area contributed by atoms with Crippen LogP contribution in [0.15, 0.2) is 17.3 Å². The minimum Gasteiger partial charge on any atom is -0.459 e. The number of carbonyl (C=O) groups is 4. The van der Waals surface area contributed by atoms with Gasteiger partial charge in [0, 0.05) is 52.1 Å². The van der Waals surface area contributed by atoms with Gasteiger partial charge in [-0.1, -0.05) is 39.4 Å². The lowest BCUT2D eigenvalue weighted by Gasteiger charge is -2.50. The van der Waals surface area contributed by atoms with Gasteiger partial charge in [0.2, 0.25) is 0 Å². The molecular formula is C48H82N2O19S. The highest BCUT2D eigenvalue weighted by atomic mass is 32.2. The van der Waals surface area contributed by atoms with E-state index in [1.165, 1.54) is 27.9 Å². The largest absolute Gasteiger partial charge is 0.459 e. The van der Waals surface area contributed by atoms with E-state index < -0.39 is 149 Å². The number of methoxy groups -OCH3 is 1. The van der Waals surface area contributed by atoms with E-state index >= 15 is 0 Å². The first-order valence-electron chi connectivity index (χ1n) is 23.9. The van der Waals surface area contributed by atoms with Crippen LogP contribution in [0.5, 0.6) is 0 Å². The van der Waals surface area contributed by atoms with Crippen LogP contribution < -0.4 is 0 Å². The van der Waals surface area contributed by atoms with Crippen LogP contribution in [0.3, 0.4) is 0 Å². The Kier molecular flexibility index (Phi) is 22.0. The summed E-state index contributed by atoms with van der Waals surface area (Å²) in [7, 11) is 1.23. The number of aliphatic hydroxyl groups excluding tert-OH is 1. The molecule has 3 heterocycles. The van der Waals surface area contributed by atoms with Crippen LogP contribution in [0.2, 0.25) is 0 Å². The normalized spacial score (nSPS) is 39.9. The molecule has 3 fully saturated rings. The van der Waals surface area contributed by atoms with Crippen LogP contribution in [0.1, 0.15) is 116 Å². The summed E-state index contributed by atoms with van der Waals surface area (Å²) < 4.78 is 86.9. The van der Waals surface area contributed by atoms with E-state index in [0.29, 0.717) is 6.42 Å². The number of hydrogen-bond donors (Lipinski definition) is 2. The molecule has 404 valence electrons. The summed E-state index contributed by atoms with van der Waals surface area (Å²) in [6, 6.07) is -0.413. The number of carbonyl (C=O) groups excluding carboxylic acids is 4. The number of rotatable bonds is 16. The van der Waals surface area contributed by atoms with Crippen molar-refractivity contribution in [3.05, 3.63) is 12.2 Å². The van der Waals surface area contributed by atoms with Gasteiger partial charge in [0.05, 0.1) is 73.3 Å². The van der Waals surface area contributed by atoms with Gasteiger partial charge < -0.3 is 62.6 Å². The summed E-state index contributed by atoms with van der Waals surface area (Å²) in [6.07, 6.45) is -9.63. The SMILES string of the molecule is C=C(CO[C@]1(C)C[C@@H](C)/C(=N\OC(C)=O)[C@H](C)[C@@H](O)[C@](C)(O)[C@@H](CC)OC(=O)[C@H](C)[C@@H](OC2C[C@@](C)(OC)[C@@H](OC(C)=O)[C@H](C)O2)[C@H](C)[C@H]1O[C@@H]1O[C@H](C)C[C@H](N(C)C)[C@H]1OC(C)=O)COS(C)(=O)=O. The highest BCUT2D eigenvalue weighted by Gasteiger charge is 2.55. The summed E-state index contributed by atoms with van der Waals surface area (Å²) in [5, 5.41) is 28.4. The Morgan fingerprint density at radius 1 is 0.871 bits per heavy atom. The van der Waals surface area contributed by atoms with E-state index in [4.69, 9.17) is 51.7 Å². The molecule has 0 bridgehead atoms. The lowest BCUT2D eigenvalue weighted by atomic mass is 9.73. The zero-order valence-corrected chi connectivity index (χ0v) is 45.1. The standard InChI is InChI=1S/C48H82N2O19S/c1-19-36-48(14,56)41(54)28(5)38(49-69-34(11)53)26(3)21-47(13,60-23-25(2)24-61-70(18,57)58)42(68-45-40(64-32(9)51)35(50(15)16)20-27(4)62-45)29(6)39(30(7)44(55)66-36)67-37-22-46(12,59-17)43(31(8)63-37)65-33(10)52/h26-31,35-37,39-43,45,54,56H,2,19-24H2,1,3-18H3/b49-38+/t26-,27-,28+,29+,30-,31+,35+,36-,37?,39+,40-,41-,42-,43+,45+,46-,47-,48-/m1/s1.